The molecule has 0 bridgehead atoms. The van der Waals surface area contributed by atoms with Crippen molar-refractivity contribution < 1.29 is 0 Å². The molecule has 0 spiro atoms. The highest BCUT2D eigenvalue weighted by molar-refractivity contribution is 6.42. The molecular weight excluding hydrogens is 323 g/mol. The number of hydrogen-bond donors (Lipinski definition) is 1. The molecule has 0 aliphatic heterocycles. The van der Waals surface area contributed by atoms with Crippen molar-refractivity contribution in [2.75, 3.05) is 5.43 Å². The average Bonchev–Trinajstić information content (AvgIpc) is 2.43. The largest absolute Gasteiger partial charge is 0.287 e. The first-order chi connectivity index (χ1) is 9.49. The molecule has 1 aromatic carbocycles. The van der Waals surface area contributed by atoms with Crippen LogP contribution in [0, 0.1) is 0 Å². The highest BCUT2D eigenvalue weighted by atomic mass is 35.5. The van der Waals surface area contributed by atoms with Crippen molar-refractivity contribution in [3.8, 4) is 0 Å². The van der Waals surface area contributed by atoms with Crippen molar-refractivity contribution in [1.82, 2.24) is 9.78 Å². The van der Waals surface area contributed by atoms with Gasteiger partial charge in [0.05, 0.1) is 22.5 Å². The van der Waals surface area contributed by atoms with Crippen LogP contribution in [0.2, 0.25) is 15.1 Å². The Morgan fingerprint density at radius 2 is 2.05 bits per heavy atom. The summed E-state index contributed by atoms with van der Waals surface area (Å²) in [5.41, 5.74) is 3.32. The number of hydrazone groups is 1. The van der Waals surface area contributed by atoms with Crippen molar-refractivity contribution >= 4 is 46.7 Å². The van der Waals surface area contributed by atoms with Crippen molar-refractivity contribution in [2.24, 2.45) is 12.1 Å². The van der Waals surface area contributed by atoms with E-state index in [4.69, 9.17) is 34.8 Å². The summed E-state index contributed by atoms with van der Waals surface area (Å²) in [5, 5.41) is 8.72. The van der Waals surface area contributed by atoms with E-state index in [0.717, 1.165) is 10.2 Å². The summed E-state index contributed by atoms with van der Waals surface area (Å²) in [7, 11) is 1.51. The van der Waals surface area contributed by atoms with E-state index in [0.29, 0.717) is 15.7 Å². The lowest BCUT2D eigenvalue weighted by Gasteiger charge is -2.03. The number of nitrogens with zero attached hydrogens (tertiary/aromatic N) is 3. The number of rotatable bonds is 3. The number of aromatic nitrogens is 2. The molecule has 0 saturated heterocycles. The third-order valence-electron chi connectivity index (χ3n) is 2.42. The van der Waals surface area contributed by atoms with Gasteiger partial charge in [0.25, 0.3) is 5.56 Å². The molecule has 20 heavy (non-hydrogen) atoms. The molecule has 0 aliphatic carbocycles. The maximum Gasteiger partial charge on any atom is 0.287 e. The number of anilines is 1. The van der Waals surface area contributed by atoms with Gasteiger partial charge in [-0.2, -0.15) is 10.2 Å². The maximum absolute atomic E-state index is 11.5. The van der Waals surface area contributed by atoms with Gasteiger partial charge < -0.3 is 0 Å². The van der Waals surface area contributed by atoms with Crippen molar-refractivity contribution in [3.63, 3.8) is 0 Å². The molecule has 0 atom stereocenters. The molecule has 0 saturated carbocycles. The second-order valence-corrected chi connectivity index (χ2v) is 5.04. The van der Waals surface area contributed by atoms with E-state index < -0.39 is 5.56 Å². The standard InChI is InChI=1S/C12H9Cl3N4O/c1-19-12(20)11(15)10(6-17-19)18-16-5-7-2-3-8(13)9(14)4-7/h2-6,18H,1H3/b16-5-. The summed E-state index contributed by atoms with van der Waals surface area (Å²) in [6, 6.07) is 5.08. The SMILES string of the molecule is Cn1ncc(N/N=C\c2ccc(Cl)c(Cl)c2)c(Cl)c1=O. The quantitative estimate of drug-likeness (QED) is 0.694. The van der Waals surface area contributed by atoms with E-state index in [1.54, 1.807) is 18.2 Å². The fraction of sp³-hybridized carbons (Fsp3) is 0.0833. The van der Waals surface area contributed by atoms with E-state index in [9.17, 15) is 4.79 Å². The van der Waals surface area contributed by atoms with Crippen molar-refractivity contribution in [2.45, 2.75) is 0 Å². The fourth-order valence-electron chi connectivity index (χ4n) is 1.36. The Labute approximate surface area is 129 Å². The topological polar surface area (TPSA) is 59.3 Å². The summed E-state index contributed by atoms with van der Waals surface area (Å²) in [6.45, 7) is 0. The van der Waals surface area contributed by atoms with Gasteiger partial charge in [0.15, 0.2) is 0 Å². The fourth-order valence-corrected chi connectivity index (χ4v) is 1.88. The van der Waals surface area contributed by atoms with Crippen LogP contribution in [0.25, 0.3) is 0 Å². The van der Waals surface area contributed by atoms with Gasteiger partial charge in [0.1, 0.15) is 10.7 Å². The Hall–Kier alpha value is -1.56. The minimum absolute atomic E-state index is 0.0220. The molecule has 0 fully saturated rings. The molecule has 0 amide bonds. The average molecular weight is 332 g/mol. The third-order valence-corrected chi connectivity index (χ3v) is 3.52. The first-order valence-corrected chi connectivity index (χ1v) is 6.58. The molecule has 1 aromatic heterocycles. The van der Waals surface area contributed by atoms with Gasteiger partial charge in [-0.05, 0) is 17.7 Å². The number of nitrogens with one attached hydrogen (secondary N) is 1. The van der Waals surface area contributed by atoms with Gasteiger partial charge in [-0.25, -0.2) is 4.68 Å². The predicted molar refractivity (Wildman–Crippen MR) is 82.2 cm³/mol. The summed E-state index contributed by atoms with van der Waals surface area (Å²) in [5.74, 6) is 0. The van der Waals surface area contributed by atoms with Gasteiger partial charge in [0.2, 0.25) is 0 Å². The summed E-state index contributed by atoms with van der Waals surface area (Å²) >= 11 is 17.6. The highest BCUT2D eigenvalue weighted by Gasteiger charge is 2.05. The zero-order valence-electron chi connectivity index (χ0n) is 10.3. The zero-order valence-corrected chi connectivity index (χ0v) is 12.5. The Balaban J connectivity index is 2.16. The molecule has 104 valence electrons. The minimum atomic E-state index is -0.401. The molecule has 0 unspecified atom stereocenters. The van der Waals surface area contributed by atoms with Crippen molar-refractivity contribution in [3.05, 3.63) is 55.4 Å². The van der Waals surface area contributed by atoms with Gasteiger partial charge in [-0.15, -0.1) is 0 Å². The Kier molecular flexibility index (Phi) is 4.65. The van der Waals surface area contributed by atoms with E-state index in [-0.39, 0.29) is 5.02 Å². The normalized spacial score (nSPS) is 11.0. The first-order valence-electron chi connectivity index (χ1n) is 5.45. The maximum atomic E-state index is 11.5. The summed E-state index contributed by atoms with van der Waals surface area (Å²) in [6.07, 6.45) is 2.94. The van der Waals surface area contributed by atoms with E-state index in [2.05, 4.69) is 15.6 Å². The molecule has 5 nitrogen and oxygen atoms in total. The van der Waals surface area contributed by atoms with E-state index >= 15 is 0 Å². The molecule has 8 heteroatoms. The van der Waals surface area contributed by atoms with Crippen LogP contribution in [-0.4, -0.2) is 16.0 Å². The molecular formula is C12H9Cl3N4O. The highest BCUT2D eigenvalue weighted by Crippen LogP contribution is 2.22. The second-order valence-electron chi connectivity index (χ2n) is 3.84. The van der Waals surface area contributed by atoms with E-state index in [1.165, 1.54) is 19.5 Å². The number of benzene rings is 1. The second kappa shape index (κ2) is 6.26. The van der Waals surface area contributed by atoms with Gasteiger partial charge in [-0.1, -0.05) is 40.9 Å². The van der Waals surface area contributed by atoms with E-state index in [1.807, 2.05) is 0 Å². The zero-order chi connectivity index (χ0) is 14.7. The number of halogens is 3. The monoisotopic (exact) mass is 330 g/mol. The van der Waals surface area contributed by atoms with Crippen LogP contribution in [0.15, 0.2) is 34.3 Å². The van der Waals surface area contributed by atoms with Crippen LogP contribution < -0.4 is 11.0 Å². The van der Waals surface area contributed by atoms with Crippen LogP contribution in [-0.2, 0) is 7.05 Å². The minimum Gasteiger partial charge on any atom is -0.275 e. The Morgan fingerprint density at radius 1 is 1.30 bits per heavy atom. The lowest BCUT2D eigenvalue weighted by Crippen LogP contribution is -2.20. The van der Waals surface area contributed by atoms with Crippen LogP contribution in [0.4, 0.5) is 5.69 Å². The summed E-state index contributed by atoms with van der Waals surface area (Å²) < 4.78 is 1.14. The lowest BCUT2D eigenvalue weighted by molar-refractivity contribution is 0.708. The lowest BCUT2D eigenvalue weighted by atomic mass is 10.2. The Bertz CT molecular complexity index is 727. The van der Waals surface area contributed by atoms with Crippen LogP contribution in [0.1, 0.15) is 5.56 Å². The van der Waals surface area contributed by atoms with Crippen LogP contribution in [0.3, 0.4) is 0 Å². The summed E-state index contributed by atoms with van der Waals surface area (Å²) in [4.78, 5) is 11.5. The number of aryl methyl sites for hydroxylation is 1. The third kappa shape index (κ3) is 3.30. The Morgan fingerprint density at radius 3 is 2.75 bits per heavy atom. The van der Waals surface area contributed by atoms with Crippen LogP contribution >= 0.6 is 34.8 Å². The van der Waals surface area contributed by atoms with Gasteiger partial charge >= 0.3 is 0 Å². The van der Waals surface area contributed by atoms with Crippen LogP contribution in [0.5, 0.6) is 0 Å². The molecule has 2 aromatic rings. The number of hydrogen-bond acceptors (Lipinski definition) is 4. The first kappa shape index (κ1) is 14.8. The predicted octanol–water partition coefficient (Wildman–Crippen LogP) is 3.19. The molecule has 0 aliphatic rings. The van der Waals surface area contributed by atoms with Gasteiger partial charge in [-0.3, -0.25) is 10.2 Å². The molecule has 0 radical (unpaired) electrons. The van der Waals surface area contributed by atoms with Gasteiger partial charge in [0, 0.05) is 7.05 Å². The van der Waals surface area contributed by atoms with Crippen molar-refractivity contribution in [1.29, 1.82) is 0 Å². The molecule has 2 rings (SSSR count). The smallest absolute Gasteiger partial charge is 0.275 e. The molecule has 1 heterocycles. The molecule has 1 N–H and O–H groups in total.